The molecule has 1 atom stereocenters. The molecule has 0 saturated heterocycles. The molecule has 0 aliphatic heterocycles. The van der Waals surface area contributed by atoms with E-state index in [9.17, 15) is 9.59 Å². The van der Waals surface area contributed by atoms with E-state index >= 15 is 0 Å². The number of benzene rings is 2. The van der Waals surface area contributed by atoms with Gasteiger partial charge in [-0.15, -0.1) is 0 Å². The van der Waals surface area contributed by atoms with Crippen molar-refractivity contribution >= 4 is 11.9 Å². The first-order valence-electron chi connectivity index (χ1n) is 8.08. The molecule has 0 aliphatic rings. The van der Waals surface area contributed by atoms with Gasteiger partial charge in [-0.25, -0.2) is 4.79 Å². The molecule has 0 radical (unpaired) electrons. The van der Waals surface area contributed by atoms with E-state index in [4.69, 9.17) is 9.84 Å². The highest BCUT2D eigenvalue weighted by molar-refractivity contribution is 5.87. The molecule has 0 amide bonds. The first kappa shape index (κ1) is 18.7. The Labute approximate surface area is 147 Å². The van der Waals surface area contributed by atoms with Crippen LogP contribution < -0.4 is 5.32 Å². The summed E-state index contributed by atoms with van der Waals surface area (Å²) in [5, 5.41) is 12.0. The predicted molar refractivity (Wildman–Crippen MR) is 95.5 cm³/mol. The van der Waals surface area contributed by atoms with Gasteiger partial charge in [-0.3, -0.25) is 4.79 Å². The average Bonchev–Trinajstić information content (AvgIpc) is 2.61. The summed E-state index contributed by atoms with van der Waals surface area (Å²) < 4.78 is 5.46. The molecule has 5 heteroatoms. The second-order valence-electron chi connectivity index (χ2n) is 6.42. The lowest BCUT2D eigenvalue weighted by Crippen LogP contribution is -2.49. The number of esters is 1. The van der Waals surface area contributed by atoms with Crippen molar-refractivity contribution < 1.29 is 19.4 Å². The third-order valence-electron chi connectivity index (χ3n) is 4.35. The van der Waals surface area contributed by atoms with Gasteiger partial charge < -0.3 is 15.2 Å². The lowest BCUT2D eigenvalue weighted by Gasteiger charge is -2.33. The standard InChI is InChI=1S/C20H23NO4/c1-20(2,16-11-9-15(10-12-16)18(22)23)17(21-3)19(24)25-13-14-7-5-4-6-8-14/h4-12,17,21H,13H2,1-3H3,(H,22,23). The summed E-state index contributed by atoms with van der Waals surface area (Å²) in [5.41, 5.74) is 1.43. The number of carbonyl (C=O) groups is 2. The number of ether oxygens (including phenoxy) is 1. The fourth-order valence-electron chi connectivity index (χ4n) is 2.79. The number of rotatable bonds is 7. The van der Waals surface area contributed by atoms with Gasteiger partial charge >= 0.3 is 11.9 Å². The summed E-state index contributed by atoms with van der Waals surface area (Å²) >= 11 is 0. The van der Waals surface area contributed by atoms with E-state index in [0.717, 1.165) is 11.1 Å². The fraction of sp³-hybridized carbons (Fsp3) is 0.300. The molecule has 0 aromatic heterocycles. The van der Waals surface area contributed by atoms with Crippen LogP contribution in [0.1, 0.15) is 35.3 Å². The zero-order chi connectivity index (χ0) is 18.4. The van der Waals surface area contributed by atoms with Crippen molar-refractivity contribution in [1.82, 2.24) is 5.32 Å². The summed E-state index contributed by atoms with van der Waals surface area (Å²) in [5.74, 6) is -1.32. The third kappa shape index (κ3) is 4.45. The Bertz CT molecular complexity index is 723. The second-order valence-corrected chi connectivity index (χ2v) is 6.42. The van der Waals surface area contributed by atoms with E-state index < -0.39 is 17.4 Å². The molecule has 2 aromatic carbocycles. The van der Waals surface area contributed by atoms with Crippen LogP contribution in [-0.2, 0) is 21.6 Å². The molecule has 0 fully saturated rings. The maximum Gasteiger partial charge on any atom is 0.335 e. The van der Waals surface area contributed by atoms with Crippen LogP contribution in [-0.4, -0.2) is 30.1 Å². The lowest BCUT2D eigenvalue weighted by molar-refractivity contribution is -0.149. The number of aromatic carboxylic acids is 1. The Morgan fingerprint density at radius 1 is 1.08 bits per heavy atom. The molecular formula is C20H23NO4. The van der Waals surface area contributed by atoms with Gasteiger partial charge in [0.1, 0.15) is 12.6 Å². The van der Waals surface area contributed by atoms with E-state index in [0.29, 0.717) is 0 Å². The van der Waals surface area contributed by atoms with E-state index in [1.807, 2.05) is 44.2 Å². The van der Waals surface area contributed by atoms with Gasteiger partial charge in [0, 0.05) is 5.41 Å². The minimum atomic E-state index is -0.975. The zero-order valence-corrected chi connectivity index (χ0v) is 14.7. The Kier molecular flexibility index (Phi) is 5.93. The fourth-order valence-corrected chi connectivity index (χ4v) is 2.79. The van der Waals surface area contributed by atoms with Crippen LogP contribution in [0, 0.1) is 0 Å². The summed E-state index contributed by atoms with van der Waals surface area (Å²) in [6.07, 6.45) is 0. The number of carboxylic acids is 1. The molecule has 0 aliphatic carbocycles. The number of hydrogen-bond acceptors (Lipinski definition) is 4. The minimum absolute atomic E-state index is 0.214. The Balaban J connectivity index is 2.13. The molecule has 0 bridgehead atoms. The SMILES string of the molecule is CNC(C(=O)OCc1ccccc1)C(C)(C)c1ccc(C(=O)O)cc1. The van der Waals surface area contributed by atoms with Gasteiger partial charge in [-0.2, -0.15) is 0 Å². The number of carbonyl (C=O) groups excluding carboxylic acids is 1. The molecule has 25 heavy (non-hydrogen) atoms. The molecule has 0 spiro atoms. The average molecular weight is 341 g/mol. The van der Waals surface area contributed by atoms with Crippen molar-refractivity contribution in [3.05, 3.63) is 71.3 Å². The van der Waals surface area contributed by atoms with E-state index in [1.165, 1.54) is 0 Å². The molecule has 2 N–H and O–H groups in total. The van der Waals surface area contributed by atoms with E-state index in [2.05, 4.69) is 5.32 Å². The topological polar surface area (TPSA) is 75.6 Å². The van der Waals surface area contributed by atoms with Crippen molar-refractivity contribution in [3.63, 3.8) is 0 Å². The molecule has 132 valence electrons. The zero-order valence-electron chi connectivity index (χ0n) is 14.7. The highest BCUT2D eigenvalue weighted by atomic mass is 16.5. The lowest BCUT2D eigenvalue weighted by atomic mass is 9.77. The van der Waals surface area contributed by atoms with Crippen molar-refractivity contribution in [3.8, 4) is 0 Å². The summed E-state index contributed by atoms with van der Waals surface area (Å²) in [4.78, 5) is 23.6. The highest BCUT2D eigenvalue weighted by Crippen LogP contribution is 2.28. The Morgan fingerprint density at radius 2 is 1.68 bits per heavy atom. The largest absolute Gasteiger partial charge is 0.478 e. The molecule has 1 unspecified atom stereocenters. The Morgan fingerprint density at radius 3 is 2.20 bits per heavy atom. The van der Waals surface area contributed by atoms with Crippen LogP contribution in [0.4, 0.5) is 0 Å². The Hall–Kier alpha value is -2.66. The van der Waals surface area contributed by atoms with Crippen molar-refractivity contribution in [2.24, 2.45) is 0 Å². The highest BCUT2D eigenvalue weighted by Gasteiger charge is 2.36. The van der Waals surface area contributed by atoms with Crippen LogP contribution in [0.3, 0.4) is 0 Å². The summed E-state index contributed by atoms with van der Waals surface area (Å²) in [6, 6.07) is 15.5. The number of likely N-dealkylation sites (N-methyl/N-ethyl adjacent to an activating group) is 1. The van der Waals surface area contributed by atoms with Gasteiger partial charge in [0.05, 0.1) is 5.56 Å². The van der Waals surface area contributed by atoms with Crippen LogP contribution >= 0.6 is 0 Å². The van der Waals surface area contributed by atoms with Crippen LogP contribution in [0.25, 0.3) is 0 Å². The smallest absolute Gasteiger partial charge is 0.335 e. The van der Waals surface area contributed by atoms with Crippen LogP contribution in [0.15, 0.2) is 54.6 Å². The first-order valence-corrected chi connectivity index (χ1v) is 8.08. The summed E-state index contributed by atoms with van der Waals surface area (Å²) in [6.45, 7) is 4.06. The predicted octanol–water partition coefficient (Wildman–Crippen LogP) is 2.99. The third-order valence-corrected chi connectivity index (χ3v) is 4.35. The van der Waals surface area contributed by atoms with Crippen molar-refractivity contribution in [2.45, 2.75) is 31.9 Å². The first-order chi connectivity index (χ1) is 11.9. The van der Waals surface area contributed by atoms with Gasteiger partial charge in [0.15, 0.2) is 0 Å². The van der Waals surface area contributed by atoms with E-state index in [-0.39, 0.29) is 18.1 Å². The van der Waals surface area contributed by atoms with Gasteiger partial charge in [0.2, 0.25) is 0 Å². The van der Waals surface area contributed by atoms with Crippen LogP contribution in [0.5, 0.6) is 0 Å². The number of nitrogens with one attached hydrogen (secondary N) is 1. The molecule has 5 nitrogen and oxygen atoms in total. The second kappa shape index (κ2) is 7.94. The van der Waals surface area contributed by atoms with Gasteiger partial charge in [-0.05, 0) is 30.3 Å². The quantitative estimate of drug-likeness (QED) is 0.757. The summed E-state index contributed by atoms with van der Waals surface area (Å²) in [7, 11) is 1.71. The van der Waals surface area contributed by atoms with Gasteiger partial charge in [-0.1, -0.05) is 56.3 Å². The number of hydrogen-bond donors (Lipinski definition) is 2. The van der Waals surface area contributed by atoms with Crippen molar-refractivity contribution in [2.75, 3.05) is 7.05 Å². The van der Waals surface area contributed by atoms with E-state index in [1.54, 1.807) is 31.3 Å². The molecule has 2 aromatic rings. The molecule has 2 rings (SSSR count). The van der Waals surface area contributed by atoms with Crippen LogP contribution in [0.2, 0.25) is 0 Å². The van der Waals surface area contributed by atoms with Crippen molar-refractivity contribution in [1.29, 1.82) is 0 Å². The number of carboxylic acid groups (broad SMARTS) is 1. The maximum atomic E-state index is 12.6. The maximum absolute atomic E-state index is 12.6. The van der Waals surface area contributed by atoms with Gasteiger partial charge in [0.25, 0.3) is 0 Å². The molecule has 0 saturated carbocycles. The normalized spacial score (nSPS) is 12.4. The molecule has 0 heterocycles. The monoisotopic (exact) mass is 341 g/mol. The minimum Gasteiger partial charge on any atom is -0.478 e. The molecular weight excluding hydrogens is 318 g/mol.